The molecule has 2 saturated heterocycles. The largest absolute Gasteiger partial charge is 0.468 e. The fraction of sp³-hybridized carbons (Fsp3) is 0.778. The highest BCUT2D eigenvalue weighted by molar-refractivity contribution is 5.02. The maximum Gasteiger partial charge on any atom is 0.117 e. The molecule has 3 atom stereocenters. The normalized spacial score (nSPS) is 33.0. The molecule has 0 aromatic carbocycles. The van der Waals surface area contributed by atoms with Crippen molar-refractivity contribution in [2.45, 2.75) is 50.5 Å². The van der Waals surface area contributed by atoms with E-state index in [4.69, 9.17) is 18.6 Å². The summed E-state index contributed by atoms with van der Waals surface area (Å²) in [5.74, 6) is 1.70. The Morgan fingerprint density at radius 1 is 1.13 bits per heavy atom. The molecule has 3 heterocycles. The van der Waals surface area contributed by atoms with E-state index in [9.17, 15) is 0 Å². The van der Waals surface area contributed by atoms with Crippen LogP contribution in [0.5, 0.6) is 0 Å². The Labute approximate surface area is 137 Å². The first-order valence-corrected chi connectivity index (χ1v) is 8.97. The third-order valence-corrected chi connectivity index (χ3v) is 5.48. The Morgan fingerprint density at radius 2 is 2.04 bits per heavy atom. The van der Waals surface area contributed by atoms with Gasteiger partial charge >= 0.3 is 0 Å². The van der Waals surface area contributed by atoms with Gasteiger partial charge in [0.05, 0.1) is 38.2 Å². The van der Waals surface area contributed by atoms with E-state index >= 15 is 0 Å². The summed E-state index contributed by atoms with van der Waals surface area (Å²) in [5, 5.41) is 0. The minimum Gasteiger partial charge on any atom is -0.468 e. The first-order valence-electron chi connectivity index (χ1n) is 8.97. The topological polar surface area (TPSA) is 44.1 Å². The van der Waals surface area contributed by atoms with E-state index in [-0.39, 0.29) is 12.2 Å². The minimum absolute atomic E-state index is 0.221. The van der Waals surface area contributed by atoms with Gasteiger partial charge in [0.2, 0.25) is 0 Å². The molecule has 3 fully saturated rings. The van der Waals surface area contributed by atoms with Gasteiger partial charge in [0.25, 0.3) is 0 Å². The highest BCUT2D eigenvalue weighted by atomic mass is 16.5. The van der Waals surface area contributed by atoms with Crippen molar-refractivity contribution in [3.8, 4) is 0 Å². The molecule has 1 saturated carbocycles. The lowest BCUT2D eigenvalue weighted by molar-refractivity contribution is -0.123. The Hall–Kier alpha value is -0.880. The number of rotatable bonds is 5. The lowest BCUT2D eigenvalue weighted by Gasteiger charge is -2.38. The second kappa shape index (κ2) is 7.34. The minimum atomic E-state index is 0.221. The van der Waals surface area contributed by atoms with Crippen LogP contribution >= 0.6 is 0 Å². The van der Waals surface area contributed by atoms with Crippen LogP contribution in [0.2, 0.25) is 0 Å². The summed E-state index contributed by atoms with van der Waals surface area (Å²) in [6.45, 7) is 5.28. The maximum atomic E-state index is 6.26. The Morgan fingerprint density at radius 3 is 2.87 bits per heavy atom. The molecule has 128 valence electrons. The quantitative estimate of drug-likeness (QED) is 0.833. The Bertz CT molecular complexity index is 471. The molecule has 0 bridgehead atoms. The molecule has 1 aromatic heterocycles. The summed E-state index contributed by atoms with van der Waals surface area (Å²) < 4.78 is 23.3. The molecule has 5 nitrogen and oxygen atoms in total. The smallest absolute Gasteiger partial charge is 0.117 e. The molecule has 5 heteroatoms. The number of fused-ring (bicyclic) bond motifs is 1. The number of furan rings is 1. The summed E-state index contributed by atoms with van der Waals surface area (Å²) >= 11 is 0. The van der Waals surface area contributed by atoms with Crippen LogP contribution in [0.3, 0.4) is 0 Å². The average Bonchev–Trinajstić information content (AvgIpc) is 3.24. The molecular formula is C18H27NO4. The summed E-state index contributed by atoms with van der Waals surface area (Å²) in [5.41, 5.74) is 0. The molecule has 0 N–H and O–H groups in total. The van der Waals surface area contributed by atoms with Crippen LogP contribution in [0.4, 0.5) is 0 Å². The van der Waals surface area contributed by atoms with Crippen molar-refractivity contribution in [1.29, 1.82) is 0 Å². The number of morpholine rings is 1. The van der Waals surface area contributed by atoms with Crippen LogP contribution in [0.25, 0.3) is 0 Å². The van der Waals surface area contributed by atoms with Gasteiger partial charge in [-0.3, -0.25) is 4.90 Å². The van der Waals surface area contributed by atoms with E-state index in [1.54, 1.807) is 6.26 Å². The van der Waals surface area contributed by atoms with Gasteiger partial charge in [-0.2, -0.15) is 0 Å². The van der Waals surface area contributed by atoms with Crippen molar-refractivity contribution in [2.75, 3.05) is 33.0 Å². The zero-order chi connectivity index (χ0) is 15.5. The molecule has 0 radical (unpaired) electrons. The number of hydrogen-bond donors (Lipinski definition) is 0. The van der Waals surface area contributed by atoms with Crippen molar-refractivity contribution in [3.05, 3.63) is 24.2 Å². The molecular weight excluding hydrogens is 294 g/mol. The Balaban J connectivity index is 1.31. The molecule has 0 amide bonds. The second-order valence-electron chi connectivity index (χ2n) is 6.96. The third kappa shape index (κ3) is 3.63. The summed E-state index contributed by atoms with van der Waals surface area (Å²) in [4.78, 5) is 2.50. The third-order valence-electron chi connectivity index (χ3n) is 5.48. The summed E-state index contributed by atoms with van der Waals surface area (Å²) in [6, 6.07) is 4.48. The number of hydrogen-bond acceptors (Lipinski definition) is 5. The van der Waals surface area contributed by atoms with Crippen LogP contribution in [0.15, 0.2) is 22.8 Å². The molecule has 1 aliphatic carbocycles. The monoisotopic (exact) mass is 321 g/mol. The first-order chi connectivity index (χ1) is 11.4. The number of nitrogens with zero attached hydrogens (tertiary/aromatic N) is 1. The number of ether oxygens (including phenoxy) is 3. The van der Waals surface area contributed by atoms with Crippen molar-refractivity contribution >= 4 is 0 Å². The lowest BCUT2D eigenvalue weighted by Crippen LogP contribution is -2.51. The SMILES string of the molecule is c1coc(CN2CCO[C@H]3[C@H](OCC4CCOCC4)CC[C@@H]32)c1. The zero-order valence-electron chi connectivity index (χ0n) is 13.7. The Kier molecular flexibility index (Phi) is 4.99. The van der Waals surface area contributed by atoms with Crippen LogP contribution in [0, 0.1) is 5.92 Å². The van der Waals surface area contributed by atoms with Gasteiger partial charge in [-0.15, -0.1) is 0 Å². The van der Waals surface area contributed by atoms with E-state index in [0.29, 0.717) is 12.0 Å². The standard InChI is InChI=1S/C18H27NO4/c1-2-15(21-8-1)12-19-7-11-22-18-16(19)3-4-17(18)23-13-14-5-9-20-10-6-14/h1-2,8,14,16-18H,3-7,9-13H2/t16-,17+,18+/m0/s1. The van der Waals surface area contributed by atoms with Crippen molar-refractivity contribution in [2.24, 2.45) is 5.92 Å². The van der Waals surface area contributed by atoms with Gasteiger partial charge in [-0.1, -0.05) is 0 Å². The van der Waals surface area contributed by atoms with Crippen molar-refractivity contribution < 1.29 is 18.6 Å². The van der Waals surface area contributed by atoms with Crippen LogP contribution in [-0.4, -0.2) is 56.1 Å². The predicted molar refractivity (Wildman–Crippen MR) is 85.2 cm³/mol. The average molecular weight is 321 g/mol. The van der Waals surface area contributed by atoms with Gasteiger partial charge in [-0.25, -0.2) is 0 Å². The van der Waals surface area contributed by atoms with Gasteiger partial charge in [0.1, 0.15) is 5.76 Å². The molecule has 2 aliphatic heterocycles. The van der Waals surface area contributed by atoms with E-state index < -0.39 is 0 Å². The molecule has 0 unspecified atom stereocenters. The van der Waals surface area contributed by atoms with E-state index in [2.05, 4.69) is 11.0 Å². The first kappa shape index (κ1) is 15.6. The molecule has 0 spiro atoms. The molecule has 3 aliphatic rings. The highest BCUT2D eigenvalue weighted by Crippen LogP contribution is 2.33. The fourth-order valence-electron chi connectivity index (χ4n) is 4.14. The predicted octanol–water partition coefficient (Wildman–Crippen LogP) is 2.45. The van der Waals surface area contributed by atoms with Crippen LogP contribution in [0.1, 0.15) is 31.4 Å². The molecule has 4 rings (SSSR count). The summed E-state index contributed by atoms with van der Waals surface area (Å²) in [6.07, 6.45) is 6.75. The van der Waals surface area contributed by atoms with E-state index in [1.165, 1.54) is 0 Å². The van der Waals surface area contributed by atoms with Crippen LogP contribution in [-0.2, 0) is 20.8 Å². The molecule has 1 aromatic rings. The van der Waals surface area contributed by atoms with Crippen LogP contribution < -0.4 is 0 Å². The maximum absolute atomic E-state index is 6.26. The van der Waals surface area contributed by atoms with E-state index in [1.807, 2.05) is 6.07 Å². The van der Waals surface area contributed by atoms with Gasteiger partial charge in [0, 0.05) is 25.8 Å². The second-order valence-corrected chi connectivity index (χ2v) is 6.96. The molecule has 23 heavy (non-hydrogen) atoms. The van der Waals surface area contributed by atoms with Gasteiger partial charge < -0.3 is 18.6 Å². The fourth-order valence-corrected chi connectivity index (χ4v) is 4.14. The summed E-state index contributed by atoms with van der Waals surface area (Å²) in [7, 11) is 0. The zero-order valence-corrected chi connectivity index (χ0v) is 13.7. The van der Waals surface area contributed by atoms with Gasteiger partial charge in [-0.05, 0) is 43.7 Å². The highest BCUT2D eigenvalue weighted by Gasteiger charge is 2.43. The van der Waals surface area contributed by atoms with Gasteiger partial charge in [0.15, 0.2) is 0 Å². The lowest BCUT2D eigenvalue weighted by atomic mass is 10.0. The van der Waals surface area contributed by atoms with E-state index in [0.717, 1.165) is 71.0 Å². The van der Waals surface area contributed by atoms with Crippen molar-refractivity contribution in [3.63, 3.8) is 0 Å². The van der Waals surface area contributed by atoms with Crippen molar-refractivity contribution in [1.82, 2.24) is 4.90 Å².